The van der Waals surface area contributed by atoms with E-state index >= 15 is 0 Å². The lowest BCUT2D eigenvalue weighted by Gasteiger charge is -2.13. The molecule has 0 unspecified atom stereocenters. The number of halogens is 2. The van der Waals surface area contributed by atoms with Crippen LogP contribution in [0.3, 0.4) is 0 Å². The highest BCUT2D eigenvalue weighted by Gasteiger charge is 2.31. The highest BCUT2D eigenvalue weighted by molar-refractivity contribution is 5.23. The van der Waals surface area contributed by atoms with E-state index in [-0.39, 0.29) is 18.3 Å². The van der Waals surface area contributed by atoms with Crippen molar-refractivity contribution in [3.8, 4) is 0 Å². The first-order valence-electron chi connectivity index (χ1n) is 5.97. The van der Waals surface area contributed by atoms with Crippen molar-refractivity contribution in [2.45, 2.75) is 51.9 Å². The fourth-order valence-electron chi connectivity index (χ4n) is 1.46. The van der Waals surface area contributed by atoms with Gasteiger partial charge in [-0.3, -0.25) is 4.98 Å². The number of nitrogens with zero attached hydrogens (tertiary/aromatic N) is 1. The molecule has 2 nitrogen and oxygen atoms in total. The summed E-state index contributed by atoms with van der Waals surface area (Å²) in [4.78, 5) is 3.83. The van der Waals surface area contributed by atoms with Gasteiger partial charge in [-0.2, -0.15) is 8.78 Å². The first-order chi connectivity index (χ1) is 7.63. The third-order valence-corrected chi connectivity index (χ3v) is 2.65. The van der Waals surface area contributed by atoms with Gasteiger partial charge < -0.3 is 6.15 Å². The summed E-state index contributed by atoms with van der Waals surface area (Å²) in [5, 5.41) is 0. The average Bonchev–Trinajstić information content (AvgIpc) is 3.16. The molecule has 0 atom stereocenters. The van der Waals surface area contributed by atoms with Crippen LogP contribution in [0, 0.1) is 0 Å². The van der Waals surface area contributed by atoms with Crippen LogP contribution in [0.4, 0.5) is 8.78 Å². The van der Waals surface area contributed by atoms with Crippen LogP contribution in [0.25, 0.3) is 0 Å². The van der Waals surface area contributed by atoms with Gasteiger partial charge in [0.1, 0.15) is 5.69 Å². The zero-order valence-corrected chi connectivity index (χ0v) is 10.8. The van der Waals surface area contributed by atoms with E-state index in [1.807, 2.05) is 13.8 Å². The molecule has 1 aliphatic carbocycles. The SMILES string of the molecule is CC.CCC(F)(F)c1ccc(C2CC2)cn1.N. The maximum atomic E-state index is 13.2. The summed E-state index contributed by atoms with van der Waals surface area (Å²) in [7, 11) is 0. The Morgan fingerprint density at radius 2 is 1.88 bits per heavy atom. The average molecular weight is 244 g/mol. The summed E-state index contributed by atoms with van der Waals surface area (Å²) >= 11 is 0. The number of aromatic nitrogens is 1. The third kappa shape index (κ3) is 4.04. The molecule has 0 amide bonds. The molecule has 0 bridgehead atoms. The van der Waals surface area contributed by atoms with Crippen LogP contribution in [0.5, 0.6) is 0 Å². The minimum absolute atomic E-state index is 0. The third-order valence-electron chi connectivity index (χ3n) is 2.65. The maximum absolute atomic E-state index is 13.2. The van der Waals surface area contributed by atoms with Crippen LogP contribution in [-0.4, -0.2) is 4.98 Å². The number of rotatable bonds is 3. The van der Waals surface area contributed by atoms with E-state index in [1.54, 1.807) is 12.3 Å². The molecular weight excluding hydrogens is 222 g/mol. The van der Waals surface area contributed by atoms with Gasteiger partial charge in [-0.25, -0.2) is 0 Å². The van der Waals surface area contributed by atoms with Gasteiger partial charge >= 0.3 is 0 Å². The van der Waals surface area contributed by atoms with E-state index in [0.717, 1.165) is 5.56 Å². The Morgan fingerprint density at radius 3 is 2.24 bits per heavy atom. The molecule has 1 aromatic rings. The van der Waals surface area contributed by atoms with Gasteiger partial charge in [-0.1, -0.05) is 26.8 Å². The van der Waals surface area contributed by atoms with E-state index < -0.39 is 5.92 Å². The molecule has 17 heavy (non-hydrogen) atoms. The van der Waals surface area contributed by atoms with Gasteiger partial charge in [0.2, 0.25) is 0 Å². The molecule has 1 heterocycles. The van der Waals surface area contributed by atoms with Crippen molar-refractivity contribution < 1.29 is 8.78 Å². The Labute approximate surface area is 102 Å². The minimum Gasteiger partial charge on any atom is -0.344 e. The molecule has 1 aliphatic rings. The normalized spacial score (nSPS) is 14.4. The summed E-state index contributed by atoms with van der Waals surface area (Å²) in [6.07, 6.45) is 3.75. The second-order valence-electron chi connectivity index (χ2n) is 3.81. The summed E-state index contributed by atoms with van der Waals surface area (Å²) < 4.78 is 26.3. The van der Waals surface area contributed by atoms with Crippen molar-refractivity contribution in [1.29, 1.82) is 0 Å². The van der Waals surface area contributed by atoms with E-state index in [0.29, 0.717) is 5.92 Å². The largest absolute Gasteiger partial charge is 0.344 e. The highest BCUT2D eigenvalue weighted by Crippen LogP contribution is 2.40. The molecule has 0 aromatic carbocycles. The molecule has 1 fully saturated rings. The van der Waals surface area contributed by atoms with Crippen LogP contribution in [0.15, 0.2) is 18.3 Å². The fraction of sp³-hybridized carbons (Fsp3) is 0.615. The molecule has 3 N–H and O–H groups in total. The van der Waals surface area contributed by atoms with Crippen LogP contribution in [0.2, 0.25) is 0 Å². The Hall–Kier alpha value is -1.03. The number of alkyl halides is 2. The number of hydrogen-bond acceptors (Lipinski definition) is 2. The monoisotopic (exact) mass is 244 g/mol. The molecule has 0 spiro atoms. The van der Waals surface area contributed by atoms with Gasteiger partial charge in [0, 0.05) is 12.6 Å². The Balaban J connectivity index is 0.000000811. The van der Waals surface area contributed by atoms with E-state index in [2.05, 4.69) is 4.98 Å². The lowest BCUT2D eigenvalue weighted by atomic mass is 10.1. The molecular formula is C13H22F2N2. The van der Waals surface area contributed by atoms with E-state index in [4.69, 9.17) is 0 Å². The van der Waals surface area contributed by atoms with Crippen LogP contribution in [0.1, 0.15) is 57.2 Å². The minimum atomic E-state index is -2.78. The highest BCUT2D eigenvalue weighted by atomic mass is 19.3. The van der Waals surface area contributed by atoms with Crippen molar-refractivity contribution in [2.24, 2.45) is 0 Å². The Bertz CT molecular complexity index is 319. The second-order valence-corrected chi connectivity index (χ2v) is 3.81. The molecule has 0 radical (unpaired) electrons. The van der Waals surface area contributed by atoms with E-state index in [1.165, 1.54) is 25.8 Å². The predicted octanol–water partition coefficient (Wildman–Crippen LogP) is 4.65. The second kappa shape index (κ2) is 6.64. The molecule has 0 aliphatic heterocycles. The van der Waals surface area contributed by atoms with Gasteiger partial charge in [0.25, 0.3) is 5.92 Å². The quantitative estimate of drug-likeness (QED) is 0.841. The number of hydrogen-bond donors (Lipinski definition) is 1. The zero-order chi connectivity index (χ0) is 12.2. The standard InChI is InChI=1S/C11H13F2N.C2H6.H3N/c1-2-11(12,13)10-6-5-9(7-14-10)8-3-4-8;1-2;/h5-8H,2-4H2,1H3;1-2H3;1H3. The van der Waals surface area contributed by atoms with Gasteiger partial charge in [0.05, 0.1) is 0 Å². The smallest absolute Gasteiger partial charge is 0.289 e. The molecule has 1 saturated carbocycles. The lowest BCUT2D eigenvalue weighted by Crippen LogP contribution is -2.13. The summed E-state index contributed by atoms with van der Waals surface area (Å²) in [6.45, 7) is 5.47. The first kappa shape index (κ1) is 16.0. The lowest BCUT2D eigenvalue weighted by molar-refractivity contribution is -0.0128. The summed E-state index contributed by atoms with van der Waals surface area (Å²) in [5.74, 6) is -2.20. The zero-order valence-electron chi connectivity index (χ0n) is 10.8. The summed E-state index contributed by atoms with van der Waals surface area (Å²) in [5.41, 5.74) is 0.991. The maximum Gasteiger partial charge on any atom is 0.289 e. The van der Waals surface area contributed by atoms with Crippen molar-refractivity contribution >= 4 is 0 Å². The van der Waals surface area contributed by atoms with Crippen LogP contribution in [-0.2, 0) is 5.92 Å². The van der Waals surface area contributed by atoms with Crippen LogP contribution >= 0.6 is 0 Å². The first-order valence-corrected chi connectivity index (χ1v) is 5.97. The van der Waals surface area contributed by atoms with Gasteiger partial charge in [0.15, 0.2) is 0 Å². The Kier molecular flexibility index (Phi) is 6.24. The summed E-state index contributed by atoms with van der Waals surface area (Å²) in [6, 6.07) is 3.24. The molecule has 4 heteroatoms. The molecule has 0 saturated heterocycles. The van der Waals surface area contributed by atoms with Gasteiger partial charge in [-0.15, -0.1) is 0 Å². The van der Waals surface area contributed by atoms with Crippen molar-refractivity contribution in [1.82, 2.24) is 11.1 Å². The van der Waals surface area contributed by atoms with Crippen molar-refractivity contribution in [3.63, 3.8) is 0 Å². The molecule has 1 aromatic heterocycles. The fourth-order valence-corrected chi connectivity index (χ4v) is 1.46. The topological polar surface area (TPSA) is 47.9 Å². The van der Waals surface area contributed by atoms with Crippen molar-refractivity contribution in [3.05, 3.63) is 29.6 Å². The van der Waals surface area contributed by atoms with Crippen molar-refractivity contribution in [2.75, 3.05) is 0 Å². The molecule has 2 rings (SSSR count). The van der Waals surface area contributed by atoms with Gasteiger partial charge in [-0.05, 0) is 30.4 Å². The van der Waals surface area contributed by atoms with Crippen LogP contribution < -0.4 is 6.15 Å². The number of pyridine rings is 1. The molecule has 98 valence electrons. The Morgan fingerprint density at radius 1 is 1.29 bits per heavy atom. The van der Waals surface area contributed by atoms with E-state index in [9.17, 15) is 8.78 Å². The predicted molar refractivity (Wildman–Crippen MR) is 66.8 cm³/mol.